The summed E-state index contributed by atoms with van der Waals surface area (Å²) in [6.45, 7) is 1.16. The van der Waals surface area contributed by atoms with Crippen LogP contribution in [-0.4, -0.2) is 22.4 Å². The van der Waals surface area contributed by atoms with Crippen LogP contribution in [0.3, 0.4) is 0 Å². The topological polar surface area (TPSA) is 79.4 Å². The van der Waals surface area contributed by atoms with Crippen molar-refractivity contribution in [1.29, 1.82) is 0 Å². The fourth-order valence-electron chi connectivity index (χ4n) is 1.13. The first-order valence-electron chi connectivity index (χ1n) is 3.93. The van der Waals surface area contributed by atoms with Crippen molar-refractivity contribution in [3.05, 3.63) is 27.7 Å². The number of pyridine rings is 1. The molecular weight excluding hydrogens is 231 g/mol. The van der Waals surface area contributed by atoms with Crippen molar-refractivity contribution in [2.75, 3.05) is 0 Å². The molecule has 5 nitrogen and oxygen atoms in total. The van der Waals surface area contributed by atoms with Gasteiger partial charge in [0, 0.05) is 11.8 Å². The van der Waals surface area contributed by atoms with Gasteiger partial charge in [0.05, 0.1) is 0 Å². The molecule has 0 atom stereocenters. The molecule has 0 aromatic carbocycles. The van der Waals surface area contributed by atoms with Gasteiger partial charge in [-0.2, -0.15) is 0 Å². The molecule has 0 saturated heterocycles. The molecule has 1 aromatic rings. The SMILES string of the molecule is Cc1[nH]c(=O)cc(OC(F)(F)F)c1C(=O)O. The number of aromatic carboxylic acids is 1. The summed E-state index contributed by atoms with van der Waals surface area (Å²) < 4.78 is 39.2. The van der Waals surface area contributed by atoms with Gasteiger partial charge in [0.15, 0.2) is 5.75 Å². The number of H-pyrrole nitrogens is 1. The number of ether oxygens (including phenoxy) is 1. The van der Waals surface area contributed by atoms with Crippen LogP contribution in [0.15, 0.2) is 10.9 Å². The lowest BCUT2D eigenvalue weighted by atomic mass is 10.2. The van der Waals surface area contributed by atoms with E-state index in [0.717, 1.165) is 6.92 Å². The van der Waals surface area contributed by atoms with E-state index in [1.54, 1.807) is 0 Å². The highest BCUT2D eigenvalue weighted by molar-refractivity contribution is 5.91. The molecule has 0 radical (unpaired) electrons. The summed E-state index contributed by atoms with van der Waals surface area (Å²) in [5.74, 6) is -2.64. The van der Waals surface area contributed by atoms with E-state index in [1.165, 1.54) is 0 Å². The molecule has 0 amide bonds. The minimum Gasteiger partial charge on any atom is -0.477 e. The average molecular weight is 237 g/mol. The van der Waals surface area contributed by atoms with Gasteiger partial charge >= 0.3 is 12.3 Å². The Morgan fingerprint density at radius 1 is 1.50 bits per heavy atom. The first-order chi connectivity index (χ1) is 7.20. The number of aromatic nitrogens is 1. The second-order valence-corrected chi connectivity index (χ2v) is 2.85. The van der Waals surface area contributed by atoms with E-state index in [4.69, 9.17) is 5.11 Å². The standard InChI is InChI=1S/C8H6F3NO4/c1-3-6(7(14)15)4(2-5(13)12-3)16-8(9,10)11/h2H,1H3,(H,12,13)(H,14,15). The molecule has 0 spiro atoms. The lowest BCUT2D eigenvalue weighted by Gasteiger charge is -2.11. The minimum absolute atomic E-state index is 0.209. The Labute approximate surface area is 86.5 Å². The molecule has 1 heterocycles. The fourth-order valence-corrected chi connectivity index (χ4v) is 1.13. The number of halogens is 3. The summed E-state index contributed by atoms with van der Waals surface area (Å²) >= 11 is 0. The van der Waals surface area contributed by atoms with Crippen LogP contribution in [0.5, 0.6) is 5.75 Å². The summed E-state index contributed by atoms with van der Waals surface area (Å²) in [5.41, 5.74) is -1.81. The molecule has 0 bridgehead atoms. The van der Waals surface area contributed by atoms with Gasteiger partial charge in [-0.1, -0.05) is 0 Å². The number of aromatic amines is 1. The molecule has 0 aliphatic carbocycles. The molecule has 1 aromatic heterocycles. The van der Waals surface area contributed by atoms with E-state index in [2.05, 4.69) is 9.72 Å². The summed E-state index contributed by atoms with van der Waals surface area (Å²) in [6.07, 6.45) is -5.05. The lowest BCUT2D eigenvalue weighted by molar-refractivity contribution is -0.274. The maximum Gasteiger partial charge on any atom is 0.573 e. The highest BCUT2D eigenvalue weighted by Gasteiger charge is 2.33. The van der Waals surface area contributed by atoms with Crippen molar-refractivity contribution >= 4 is 5.97 Å². The number of carbonyl (C=O) groups is 1. The van der Waals surface area contributed by atoms with Gasteiger partial charge in [0.1, 0.15) is 5.56 Å². The molecule has 16 heavy (non-hydrogen) atoms. The van der Waals surface area contributed by atoms with Crippen LogP contribution in [0.1, 0.15) is 16.1 Å². The van der Waals surface area contributed by atoms with Gasteiger partial charge in [-0.25, -0.2) is 4.79 Å². The fraction of sp³-hybridized carbons (Fsp3) is 0.250. The van der Waals surface area contributed by atoms with E-state index in [1.807, 2.05) is 0 Å². The molecule has 8 heteroatoms. The highest BCUT2D eigenvalue weighted by Crippen LogP contribution is 2.26. The third kappa shape index (κ3) is 2.75. The quantitative estimate of drug-likeness (QED) is 0.811. The summed E-state index contributed by atoms with van der Waals surface area (Å²) in [7, 11) is 0. The number of nitrogens with one attached hydrogen (secondary N) is 1. The van der Waals surface area contributed by atoms with Crippen LogP contribution in [0.2, 0.25) is 0 Å². The zero-order valence-corrected chi connectivity index (χ0v) is 7.88. The Balaban J connectivity index is 3.36. The molecule has 0 unspecified atom stereocenters. The molecule has 2 N–H and O–H groups in total. The van der Waals surface area contributed by atoms with E-state index in [9.17, 15) is 22.8 Å². The van der Waals surface area contributed by atoms with Crippen LogP contribution in [0, 0.1) is 6.92 Å². The van der Waals surface area contributed by atoms with Crippen molar-refractivity contribution in [2.45, 2.75) is 13.3 Å². The predicted octanol–water partition coefficient (Wildman–Crippen LogP) is 1.28. The second-order valence-electron chi connectivity index (χ2n) is 2.85. The number of alkyl halides is 3. The maximum atomic E-state index is 11.9. The molecule has 1 rings (SSSR count). The molecule has 0 fully saturated rings. The normalized spacial score (nSPS) is 11.2. The zero-order valence-electron chi connectivity index (χ0n) is 7.88. The first kappa shape index (κ1) is 12.1. The summed E-state index contributed by atoms with van der Waals surface area (Å²) in [5, 5.41) is 8.66. The van der Waals surface area contributed by atoms with Gasteiger partial charge < -0.3 is 14.8 Å². The van der Waals surface area contributed by atoms with E-state index < -0.39 is 29.2 Å². The first-order valence-corrected chi connectivity index (χ1v) is 3.93. The molecule has 0 aliphatic heterocycles. The Morgan fingerprint density at radius 2 is 2.06 bits per heavy atom. The van der Waals surface area contributed by atoms with E-state index >= 15 is 0 Å². The Morgan fingerprint density at radius 3 is 2.50 bits per heavy atom. The summed E-state index contributed by atoms with van der Waals surface area (Å²) in [4.78, 5) is 23.6. The average Bonchev–Trinajstić information content (AvgIpc) is 1.96. The second kappa shape index (κ2) is 3.87. The Bertz CT molecular complexity index is 477. The summed E-state index contributed by atoms with van der Waals surface area (Å²) in [6, 6.07) is 0.434. The van der Waals surface area contributed by atoms with Crippen molar-refractivity contribution < 1.29 is 27.8 Å². The number of carboxylic acids is 1. The van der Waals surface area contributed by atoms with Crippen molar-refractivity contribution in [3.63, 3.8) is 0 Å². The van der Waals surface area contributed by atoms with Gasteiger partial charge in [0.2, 0.25) is 0 Å². The molecular formula is C8H6F3NO4. The van der Waals surface area contributed by atoms with Crippen molar-refractivity contribution in [1.82, 2.24) is 4.98 Å². The van der Waals surface area contributed by atoms with E-state index in [0.29, 0.717) is 6.07 Å². The number of rotatable bonds is 2. The number of hydrogen-bond acceptors (Lipinski definition) is 3. The Kier molecular flexibility index (Phi) is 2.92. The van der Waals surface area contributed by atoms with Crippen LogP contribution in [0.25, 0.3) is 0 Å². The van der Waals surface area contributed by atoms with Gasteiger partial charge in [-0.05, 0) is 6.92 Å². The monoisotopic (exact) mass is 237 g/mol. The van der Waals surface area contributed by atoms with Gasteiger partial charge in [-0.3, -0.25) is 4.79 Å². The molecule has 0 saturated carbocycles. The van der Waals surface area contributed by atoms with Crippen LogP contribution in [0.4, 0.5) is 13.2 Å². The number of hydrogen-bond donors (Lipinski definition) is 2. The van der Waals surface area contributed by atoms with Crippen molar-refractivity contribution in [3.8, 4) is 5.75 Å². The maximum absolute atomic E-state index is 11.9. The largest absolute Gasteiger partial charge is 0.573 e. The minimum atomic E-state index is -5.05. The van der Waals surface area contributed by atoms with Crippen molar-refractivity contribution in [2.24, 2.45) is 0 Å². The number of aryl methyl sites for hydroxylation is 1. The third-order valence-electron chi connectivity index (χ3n) is 1.63. The number of carboxylic acid groups (broad SMARTS) is 1. The molecule has 88 valence electrons. The molecule has 0 aliphatic rings. The predicted molar refractivity (Wildman–Crippen MR) is 45.4 cm³/mol. The Hall–Kier alpha value is -1.99. The van der Waals surface area contributed by atoms with Crippen LogP contribution >= 0.6 is 0 Å². The van der Waals surface area contributed by atoms with Gasteiger partial charge in [0.25, 0.3) is 5.56 Å². The smallest absolute Gasteiger partial charge is 0.477 e. The lowest BCUT2D eigenvalue weighted by Crippen LogP contribution is -2.22. The van der Waals surface area contributed by atoms with E-state index in [-0.39, 0.29) is 5.69 Å². The third-order valence-corrected chi connectivity index (χ3v) is 1.63. The zero-order chi connectivity index (χ0) is 12.5. The highest BCUT2D eigenvalue weighted by atomic mass is 19.4. The van der Waals surface area contributed by atoms with Gasteiger partial charge in [-0.15, -0.1) is 13.2 Å². The van der Waals surface area contributed by atoms with Crippen LogP contribution in [-0.2, 0) is 0 Å². The van der Waals surface area contributed by atoms with Crippen LogP contribution < -0.4 is 10.3 Å².